The van der Waals surface area contributed by atoms with Gasteiger partial charge in [0.05, 0.1) is 27.5 Å². The molecule has 2 aliphatic rings. The van der Waals surface area contributed by atoms with E-state index in [1.54, 1.807) is 0 Å². The monoisotopic (exact) mass is 616 g/mol. The zero-order valence-electron chi connectivity index (χ0n) is 24.8. The summed E-state index contributed by atoms with van der Waals surface area (Å²) in [7, 11) is -1.96. The van der Waals surface area contributed by atoms with Crippen molar-refractivity contribution in [2.24, 2.45) is 5.92 Å². The number of hydrogen-bond acceptors (Lipinski definition) is 7. The van der Waals surface area contributed by atoms with Crippen LogP contribution in [0.3, 0.4) is 0 Å². The molecule has 0 radical (unpaired) electrons. The SMILES string of the molecule is CC(C)C1(C[C@@H](CC2(C[C@@H](O)COCc3ccccc3)SCCCS2)O[Si](C)(C)C(C)(C)C)SCCCS1. The summed E-state index contributed by atoms with van der Waals surface area (Å²) < 4.78 is 13.5. The zero-order chi connectivity index (χ0) is 27.9. The molecule has 1 N–H and O–H groups in total. The van der Waals surface area contributed by atoms with Crippen LogP contribution in [0, 0.1) is 5.92 Å². The molecule has 1 aromatic carbocycles. The molecule has 1 aromatic rings. The van der Waals surface area contributed by atoms with E-state index in [9.17, 15) is 5.11 Å². The van der Waals surface area contributed by atoms with Crippen molar-refractivity contribution in [2.45, 2.75) is 112 Å². The van der Waals surface area contributed by atoms with E-state index in [0.29, 0.717) is 19.1 Å². The second-order valence-corrected chi connectivity index (χ2v) is 23.8. The first-order valence-corrected chi connectivity index (χ1v) is 21.2. The highest BCUT2D eigenvalue weighted by molar-refractivity contribution is 8.19. The molecule has 0 aliphatic carbocycles. The fourth-order valence-electron chi connectivity index (χ4n) is 4.93. The van der Waals surface area contributed by atoms with Crippen LogP contribution in [-0.2, 0) is 15.8 Å². The third-order valence-electron chi connectivity index (χ3n) is 8.17. The summed E-state index contributed by atoms with van der Waals surface area (Å²) in [4.78, 5) is 0. The maximum absolute atomic E-state index is 11.2. The van der Waals surface area contributed by atoms with Crippen molar-refractivity contribution >= 4 is 55.4 Å². The molecule has 2 saturated heterocycles. The van der Waals surface area contributed by atoms with E-state index in [2.05, 4.69) is 107 Å². The van der Waals surface area contributed by atoms with Crippen LogP contribution in [0.5, 0.6) is 0 Å². The fourth-order valence-corrected chi connectivity index (χ4v) is 13.4. The predicted octanol–water partition coefficient (Wildman–Crippen LogP) is 8.91. The largest absolute Gasteiger partial charge is 0.414 e. The number of thioether (sulfide) groups is 4. The fraction of sp³-hybridized carbons (Fsp3) is 0.800. The van der Waals surface area contributed by atoms with Crippen molar-refractivity contribution in [3.63, 3.8) is 0 Å². The molecule has 218 valence electrons. The van der Waals surface area contributed by atoms with Crippen LogP contribution in [0.2, 0.25) is 18.1 Å². The Kier molecular flexibility index (Phi) is 12.9. The van der Waals surface area contributed by atoms with E-state index in [1.807, 2.05) is 18.2 Å². The zero-order valence-corrected chi connectivity index (χ0v) is 29.1. The Bertz CT molecular complexity index is 819. The molecular weight excluding hydrogens is 565 g/mol. The first kappa shape index (κ1) is 33.2. The van der Waals surface area contributed by atoms with Gasteiger partial charge in [-0.1, -0.05) is 65.0 Å². The van der Waals surface area contributed by atoms with Crippen LogP contribution in [0.4, 0.5) is 0 Å². The molecule has 2 aliphatic heterocycles. The molecule has 0 saturated carbocycles. The van der Waals surface area contributed by atoms with Crippen molar-refractivity contribution < 1.29 is 14.3 Å². The lowest BCUT2D eigenvalue weighted by atomic mass is 9.98. The van der Waals surface area contributed by atoms with E-state index in [0.717, 1.165) is 36.3 Å². The Morgan fingerprint density at radius 3 is 2.03 bits per heavy atom. The van der Waals surface area contributed by atoms with Crippen molar-refractivity contribution in [1.29, 1.82) is 0 Å². The summed E-state index contributed by atoms with van der Waals surface area (Å²) in [6.45, 7) is 17.6. The quantitative estimate of drug-likeness (QED) is 0.222. The van der Waals surface area contributed by atoms with Gasteiger partial charge in [0.1, 0.15) is 0 Å². The van der Waals surface area contributed by atoms with Gasteiger partial charge < -0.3 is 14.3 Å². The number of rotatable bonds is 13. The summed E-state index contributed by atoms with van der Waals surface area (Å²) in [5.74, 6) is 5.43. The second-order valence-electron chi connectivity index (χ2n) is 12.7. The van der Waals surface area contributed by atoms with Crippen LogP contribution in [0.25, 0.3) is 0 Å². The maximum atomic E-state index is 11.2. The molecule has 0 bridgehead atoms. The maximum Gasteiger partial charge on any atom is 0.192 e. The van der Waals surface area contributed by atoms with Crippen molar-refractivity contribution in [1.82, 2.24) is 0 Å². The van der Waals surface area contributed by atoms with E-state index in [4.69, 9.17) is 9.16 Å². The van der Waals surface area contributed by atoms with Gasteiger partial charge in [-0.3, -0.25) is 0 Å². The normalized spacial score (nSPS) is 21.8. The smallest absolute Gasteiger partial charge is 0.192 e. The molecule has 0 unspecified atom stereocenters. The van der Waals surface area contributed by atoms with E-state index in [1.165, 1.54) is 24.3 Å². The lowest BCUT2D eigenvalue weighted by Gasteiger charge is -2.48. The minimum absolute atomic E-state index is 0.0248. The van der Waals surface area contributed by atoms with Gasteiger partial charge in [0.25, 0.3) is 0 Å². The minimum atomic E-state index is -1.96. The van der Waals surface area contributed by atoms with Gasteiger partial charge in [-0.15, -0.1) is 47.0 Å². The van der Waals surface area contributed by atoms with E-state index < -0.39 is 14.4 Å². The molecule has 2 heterocycles. The van der Waals surface area contributed by atoms with E-state index >= 15 is 0 Å². The summed E-state index contributed by atoms with van der Waals surface area (Å²) in [6.07, 6.45) is 5.13. The molecule has 0 aromatic heterocycles. The Morgan fingerprint density at radius 1 is 0.895 bits per heavy atom. The Hall–Kier alpha value is 0.717. The van der Waals surface area contributed by atoms with Gasteiger partial charge in [0.2, 0.25) is 0 Å². The molecule has 0 amide bonds. The molecule has 2 fully saturated rings. The van der Waals surface area contributed by atoms with Gasteiger partial charge in [-0.25, -0.2) is 0 Å². The van der Waals surface area contributed by atoms with Crippen molar-refractivity contribution in [3.8, 4) is 0 Å². The molecular formula is C30H52O3S4Si. The topological polar surface area (TPSA) is 38.7 Å². The molecule has 3 rings (SSSR count). The van der Waals surface area contributed by atoms with Gasteiger partial charge in [0, 0.05) is 6.10 Å². The molecule has 8 heteroatoms. The van der Waals surface area contributed by atoms with Crippen molar-refractivity contribution in [3.05, 3.63) is 35.9 Å². The summed E-state index contributed by atoms with van der Waals surface area (Å²) in [5.41, 5.74) is 1.15. The average Bonchev–Trinajstić information content (AvgIpc) is 2.84. The highest BCUT2D eigenvalue weighted by Gasteiger charge is 2.47. The Balaban J connectivity index is 1.77. The first-order chi connectivity index (χ1) is 17.9. The summed E-state index contributed by atoms with van der Waals surface area (Å²) in [5, 5.41) is 11.4. The van der Waals surface area contributed by atoms with Crippen molar-refractivity contribution in [2.75, 3.05) is 29.6 Å². The first-order valence-electron chi connectivity index (χ1n) is 14.4. The molecule has 0 spiro atoms. The lowest BCUT2D eigenvalue weighted by Crippen LogP contribution is -2.48. The van der Waals surface area contributed by atoms with Crippen LogP contribution in [0.15, 0.2) is 30.3 Å². The average molecular weight is 617 g/mol. The lowest BCUT2D eigenvalue weighted by molar-refractivity contribution is 0.0209. The van der Waals surface area contributed by atoms with Crippen LogP contribution in [0.1, 0.15) is 72.3 Å². The van der Waals surface area contributed by atoms with Gasteiger partial charge in [0.15, 0.2) is 8.32 Å². The third kappa shape index (κ3) is 9.64. The second kappa shape index (κ2) is 14.7. The Morgan fingerprint density at radius 2 is 1.47 bits per heavy atom. The molecule has 38 heavy (non-hydrogen) atoms. The highest BCUT2D eigenvalue weighted by atomic mass is 32.2. The third-order valence-corrected chi connectivity index (χ3v) is 20.1. The minimum Gasteiger partial charge on any atom is -0.414 e. The molecule has 3 nitrogen and oxygen atoms in total. The van der Waals surface area contributed by atoms with Crippen LogP contribution >= 0.6 is 47.0 Å². The predicted molar refractivity (Wildman–Crippen MR) is 177 cm³/mol. The van der Waals surface area contributed by atoms with Gasteiger partial charge >= 0.3 is 0 Å². The number of benzene rings is 1. The molecule has 2 atom stereocenters. The van der Waals surface area contributed by atoms with Gasteiger partial charge in [-0.2, -0.15) is 0 Å². The standard InChI is InChI=1S/C30H52O3S4Si/c1-24(2)30(36-17-12-18-37-30)21-27(33-38(6,7)28(3,4)5)20-29(34-15-11-16-35-29)19-26(31)23-32-22-25-13-9-8-10-14-25/h8-10,13-14,24,26-27,31H,11-12,15-23H2,1-7H3/t26-,27-/m1/s1. The van der Waals surface area contributed by atoms with E-state index in [-0.39, 0.29) is 19.3 Å². The van der Waals surface area contributed by atoms with Crippen LogP contribution < -0.4 is 0 Å². The summed E-state index contributed by atoms with van der Waals surface area (Å²) in [6, 6.07) is 10.3. The van der Waals surface area contributed by atoms with Gasteiger partial charge in [-0.05, 0) is 84.7 Å². The number of hydrogen-bond donors (Lipinski definition) is 1. The highest BCUT2D eigenvalue weighted by Crippen LogP contribution is 2.55. The van der Waals surface area contributed by atoms with Crippen LogP contribution in [-0.4, -0.2) is 63.4 Å². The number of ether oxygens (including phenoxy) is 1. The Labute approximate surface area is 251 Å². The summed E-state index contributed by atoms with van der Waals surface area (Å²) >= 11 is 8.50. The number of aliphatic hydroxyl groups is 1. The number of aliphatic hydroxyl groups excluding tert-OH is 1.